The van der Waals surface area contributed by atoms with E-state index in [0.717, 1.165) is 81.3 Å². The van der Waals surface area contributed by atoms with Gasteiger partial charge in [0.2, 0.25) is 0 Å². The predicted molar refractivity (Wildman–Crippen MR) is 178 cm³/mol. The maximum Gasteiger partial charge on any atom is 0.125 e. The monoisotopic (exact) mass is 603 g/mol. The van der Waals surface area contributed by atoms with Gasteiger partial charge in [-0.2, -0.15) is 5.10 Å². The van der Waals surface area contributed by atoms with Crippen LogP contribution in [0.3, 0.4) is 0 Å². The van der Waals surface area contributed by atoms with E-state index in [-0.39, 0.29) is 5.82 Å². The fraction of sp³-hybridized carbons (Fsp3) is 0.314. The number of benzene rings is 1. The molecule has 7 rings (SSSR count). The number of likely N-dealkylation sites (N-methyl/N-ethyl adjacent to an activating group) is 1. The number of rotatable bonds is 11. The summed E-state index contributed by atoms with van der Waals surface area (Å²) in [5.41, 5.74) is 8.44. The fourth-order valence-corrected chi connectivity index (χ4v) is 6.30. The number of halogens is 1. The largest absolute Gasteiger partial charge is 0.384 e. The highest BCUT2D eigenvalue weighted by Gasteiger charge is 2.17. The van der Waals surface area contributed by atoms with E-state index in [4.69, 9.17) is 4.98 Å². The molecule has 1 saturated carbocycles. The van der Waals surface area contributed by atoms with Gasteiger partial charge in [0, 0.05) is 71.3 Å². The second-order valence-electron chi connectivity index (χ2n) is 12.3. The standard InChI is InChI=1S/C35H38FN9/c1-45(2)10-9-39-27-13-24(12-26(36)14-27)34-28-16-32(42-30(28)7-8-40-34)35-29-15-31(41-21-33(29)43-44-35)25-11-23(19-38-20-25)18-37-17-22-5-3-4-6-22/h7-8,11-16,19-22,37,39,42H,3-6,9-10,17-18H2,1-2H3,(H,43,44). The summed E-state index contributed by atoms with van der Waals surface area (Å²) in [6.45, 7) is 3.40. The van der Waals surface area contributed by atoms with Gasteiger partial charge in [0.1, 0.15) is 11.5 Å². The van der Waals surface area contributed by atoms with Gasteiger partial charge in [0.15, 0.2) is 0 Å². The molecule has 0 radical (unpaired) electrons. The highest BCUT2D eigenvalue weighted by Crippen LogP contribution is 2.35. The Labute approximate surface area is 261 Å². The number of aromatic nitrogens is 6. The van der Waals surface area contributed by atoms with Gasteiger partial charge in [-0.15, -0.1) is 0 Å². The number of nitrogens with zero attached hydrogens (tertiary/aromatic N) is 5. The van der Waals surface area contributed by atoms with Crippen LogP contribution >= 0.6 is 0 Å². The van der Waals surface area contributed by atoms with Crippen LogP contribution in [0.4, 0.5) is 10.1 Å². The summed E-state index contributed by atoms with van der Waals surface area (Å²) >= 11 is 0. The molecule has 230 valence electrons. The van der Waals surface area contributed by atoms with Gasteiger partial charge in [-0.3, -0.25) is 20.1 Å². The van der Waals surface area contributed by atoms with Gasteiger partial charge in [0.25, 0.3) is 0 Å². The lowest BCUT2D eigenvalue weighted by molar-refractivity contribution is 0.425. The zero-order valence-electron chi connectivity index (χ0n) is 25.7. The molecular weight excluding hydrogens is 565 g/mol. The lowest BCUT2D eigenvalue weighted by atomic mass is 10.1. The highest BCUT2D eigenvalue weighted by atomic mass is 19.1. The Morgan fingerprint density at radius 1 is 0.911 bits per heavy atom. The zero-order valence-corrected chi connectivity index (χ0v) is 25.7. The summed E-state index contributed by atoms with van der Waals surface area (Å²) in [6, 6.07) is 13.2. The first-order chi connectivity index (χ1) is 22.0. The second kappa shape index (κ2) is 12.7. The van der Waals surface area contributed by atoms with Gasteiger partial charge in [-0.25, -0.2) is 4.39 Å². The van der Waals surface area contributed by atoms with Crippen molar-refractivity contribution >= 4 is 27.5 Å². The van der Waals surface area contributed by atoms with E-state index in [1.807, 2.05) is 50.9 Å². The van der Waals surface area contributed by atoms with Crippen LogP contribution in [0, 0.1) is 11.7 Å². The predicted octanol–water partition coefficient (Wildman–Crippen LogP) is 6.62. The molecule has 5 heterocycles. The molecule has 0 unspecified atom stereocenters. The Hall–Kier alpha value is -4.67. The Morgan fingerprint density at radius 3 is 2.64 bits per heavy atom. The number of hydrogen-bond donors (Lipinski definition) is 4. The summed E-state index contributed by atoms with van der Waals surface area (Å²) in [5, 5.41) is 16.6. The molecule has 0 saturated heterocycles. The summed E-state index contributed by atoms with van der Waals surface area (Å²) in [7, 11) is 4.02. The van der Waals surface area contributed by atoms with Crippen LogP contribution in [0.2, 0.25) is 0 Å². The number of nitrogens with one attached hydrogen (secondary N) is 4. The molecule has 10 heteroatoms. The fourth-order valence-electron chi connectivity index (χ4n) is 6.30. The maximum absolute atomic E-state index is 14.7. The summed E-state index contributed by atoms with van der Waals surface area (Å²) in [4.78, 5) is 19.5. The van der Waals surface area contributed by atoms with E-state index in [9.17, 15) is 4.39 Å². The van der Waals surface area contributed by atoms with Crippen molar-refractivity contribution in [3.63, 3.8) is 0 Å². The number of aromatic amines is 2. The van der Waals surface area contributed by atoms with Crippen molar-refractivity contribution in [2.75, 3.05) is 39.0 Å². The highest BCUT2D eigenvalue weighted by molar-refractivity contribution is 6.00. The third-order valence-electron chi connectivity index (χ3n) is 8.64. The average Bonchev–Trinajstić information content (AvgIpc) is 3.80. The van der Waals surface area contributed by atoms with Crippen molar-refractivity contribution in [3.05, 3.63) is 78.6 Å². The molecule has 45 heavy (non-hydrogen) atoms. The molecule has 1 aliphatic rings. The number of fused-ring (bicyclic) bond motifs is 2. The third-order valence-corrected chi connectivity index (χ3v) is 8.64. The maximum atomic E-state index is 14.7. The number of anilines is 1. The second-order valence-corrected chi connectivity index (χ2v) is 12.3. The Bertz CT molecular complexity index is 1940. The topological polar surface area (TPSA) is 110 Å². The first kappa shape index (κ1) is 29.1. The molecule has 0 aliphatic heterocycles. The van der Waals surface area contributed by atoms with Gasteiger partial charge >= 0.3 is 0 Å². The summed E-state index contributed by atoms with van der Waals surface area (Å²) < 4.78 is 14.7. The minimum Gasteiger partial charge on any atom is -0.384 e. The van der Waals surface area contributed by atoms with Crippen molar-refractivity contribution in [3.8, 4) is 33.9 Å². The molecule has 0 bridgehead atoms. The van der Waals surface area contributed by atoms with E-state index < -0.39 is 0 Å². The lowest BCUT2D eigenvalue weighted by Gasteiger charge is -2.12. The number of hydrogen-bond acceptors (Lipinski definition) is 7. The SMILES string of the molecule is CN(C)CCNc1cc(F)cc(-c2nccc3[nH]c(-c4n[nH]c5cnc(-c6cncc(CNCC7CCCC7)c6)cc45)cc23)c1. The molecule has 1 aromatic carbocycles. The Kier molecular flexibility index (Phi) is 8.23. The molecule has 0 amide bonds. The normalized spacial score (nSPS) is 13.9. The Balaban J connectivity index is 1.17. The Morgan fingerprint density at radius 2 is 1.78 bits per heavy atom. The smallest absolute Gasteiger partial charge is 0.125 e. The molecular formula is C35H38FN9. The van der Waals surface area contributed by atoms with Gasteiger partial charge in [0.05, 0.1) is 28.8 Å². The van der Waals surface area contributed by atoms with Crippen molar-refractivity contribution in [1.82, 2.24) is 40.3 Å². The molecule has 9 nitrogen and oxygen atoms in total. The van der Waals surface area contributed by atoms with Crippen molar-refractivity contribution in [1.29, 1.82) is 0 Å². The molecule has 0 spiro atoms. The van der Waals surface area contributed by atoms with Crippen LogP contribution in [0.25, 0.3) is 55.7 Å². The molecule has 5 aromatic heterocycles. The molecule has 6 aromatic rings. The third kappa shape index (κ3) is 6.43. The van der Waals surface area contributed by atoms with Gasteiger partial charge < -0.3 is 20.5 Å². The van der Waals surface area contributed by atoms with Crippen LogP contribution in [0.15, 0.2) is 67.3 Å². The minimum atomic E-state index is -0.309. The number of H-pyrrole nitrogens is 2. The van der Waals surface area contributed by atoms with E-state index in [2.05, 4.69) is 52.8 Å². The first-order valence-corrected chi connectivity index (χ1v) is 15.7. The van der Waals surface area contributed by atoms with E-state index in [0.29, 0.717) is 17.8 Å². The quantitative estimate of drug-likeness (QED) is 0.132. The zero-order chi connectivity index (χ0) is 30.8. The average molecular weight is 604 g/mol. The van der Waals surface area contributed by atoms with Crippen molar-refractivity contribution in [2.24, 2.45) is 5.92 Å². The van der Waals surface area contributed by atoms with Crippen molar-refractivity contribution < 1.29 is 4.39 Å². The lowest BCUT2D eigenvalue weighted by Crippen LogP contribution is -2.20. The molecule has 0 atom stereocenters. The van der Waals surface area contributed by atoms with Gasteiger partial charge in [-0.05, 0) is 87.4 Å². The van der Waals surface area contributed by atoms with Gasteiger partial charge in [-0.1, -0.05) is 12.8 Å². The summed E-state index contributed by atoms with van der Waals surface area (Å²) in [5.74, 6) is 0.485. The van der Waals surface area contributed by atoms with Crippen LogP contribution in [0.5, 0.6) is 0 Å². The van der Waals surface area contributed by atoms with Crippen LogP contribution in [-0.4, -0.2) is 68.8 Å². The molecule has 1 aliphatic carbocycles. The van der Waals surface area contributed by atoms with E-state index in [1.165, 1.54) is 37.8 Å². The summed E-state index contributed by atoms with van der Waals surface area (Å²) in [6.07, 6.45) is 12.7. The minimum absolute atomic E-state index is 0.309. The number of pyridine rings is 3. The van der Waals surface area contributed by atoms with E-state index >= 15 is 0 Å². The first-order valence-electron chi connectivity index (χ1n) is 15.7. The molecule has 4 N–H and O–H groups in total. The van der Waals surface area contributed by atoms with Crippen LogP contribution in [-0.2, 0) is 6.54 Å². The van der Waals surface area contributed by atoms with Crippen LogP contribution in [0.1, 0.15) is 31.2 Å². The van der Waals surface area contributed by atoms with Crippen LogP contribution < -0.4 is 10.6 Å². The van der Waals surface area contributed by atoms with E-state index in [1.54, 1.807) is 6.20 Å². The molecule has 1 fully saturated rings. The van der Waals surface area contributed by atoms with Crippen molar-refractivity contribution in [2.45, 2.75) is 32.2 Å².